The van der Waals surface area contributed by atoms with Crippen LogP contribution in [0.15, 0.2) is 73.1 Å². The predicted molar refractivity (Wildman–Crippen MR) is 132 cm³/mol. The van der Waals surface area contributed by atoms with Crippen LogP contribution in [0.4, 0.5) is 10.1 Å². The molecule has 0 aliphatic carbocycles. The molecule has 1 aliphatic rings. The van der Waals surface area contributed by atoms with E-state index >= 15 is 0 Å². The predicted octanol–water partition coefficient (Wildman–Crippen LogP) is 5.51. The van der Waals surface area contributed by atoms with Crippen LogP contribution in [0.5, 0.6) is 0 Å². The zero-order valence-corrected chi connectivity index (χ0v) is 19.5. The number of hydrogen-bond acceptors (Lipinski definition) is 3. The van der Waals surface area contributed by atoms with Gasteiger partial charge in [0.25, 0.3) is 0 Å². The zero-order chi connectivity index (χ0) is 23.1. The maximum Gasteiger partial charge on any atom is 0.174 e. The first kappa shape index (κ1) is 21.3. The quantitative estimate of drug-likeness (QED) is 0.410. The fraction of sp³-hybridized carbons (Fsp3) is 0.192. The van der Waals surface area contributed by atoms with Gasteiger partial charge in [-0.3, -0.25) is 4.98 Å². The number of halogens is 1. The lowest BCUT2D eigenvalue weighted by Crippen LogP contribution is -2.29. The molecule has 1 fully saturated rings. The summed E-state index contributed by atoms with van der Waals surface area (Å²) in [5, 5.41) is 4.06. The number of benzene rings is 1. The third kappa shape index (κ3) is 3.68. The summed E-state index contributed by atoms with van der Waals surface area (Å²) in [6, 6.07) is 18.7. The summed E-state index contributed by atoms with van der Waals surface area (Å²) in [7, 11) is 0. The largest absolute Gasteiger partial charge is 0.351 e. The molecule has 33 heavy (non-hydrogen) atoms. The Bertz CT molecular complexity index is 1320. The van der Waals surface area contributed by atoms with E-state index in [2.05, 4.69) is 44.7 Å². The van der Waals surface area contributed by atoms with Gasteiger partial charge in [-0.1, -0.05) is 12.1 Å². The Labute approximate surface area is 197 Å². The number of hydrogen-bond donors (Lipinski definition) is 1. The average Bonchev–Trinajstić information content (AvgIpc) is 3.32. The Morgan fingerprint density at radius 3 is 2.36 bits per heavy atom. The molecule has 1 saturated heterocycles. The van der Waals surface area contributed by atoms with Gasteiger partial charge in [-0.25, -0.2) is 9.37 Å². The molecule has 5 rings (SSSR count). The van der Waals surface area contributed by atoms with Crippen molar-refractivity contribution in [2.24, 2.45) is 0 Å². The van der Waals surface area contributed by atoms with Gasteiger partial charge in [-0.2, -0.15) is 0 Å². The Morgan fingerprint density at radius 2 is 1.70 bits per heavy atom. The molecule has 4 heterocycles. The van der Waals surface area contributed by atoms with E-state index in [1.807, 2.05) is 42.5 Å². The molecule has 5 nitrogen and oxygen atoms in total. The zero-order valence-electron chi connectivity index (χ0n) is 18.7. The number of nitrogens with zero attached hydrogens (tertiary/aromatic N) is 4. The van der Waals surface area contributed by atoms with Crippen molar-refractivity contribution in [1.29, 1.82) is 0 Å². The average molecular weight is 458 g/mol. The summed E-state index contributed by atoms with van der Waals surface area (Å²) in [5.74, 6) is 0.633. The minimum atomic E-state index is -0.233. The molecule has 4 aromatic rings. The number of aryl methyl sites for hydroxylation is 2. The first-order valence-electron chi connectivity index (χ1n) is 10.8. The monoisotopic (exact) mass is 457 g/mol. The van der Waals surface area contributed by atoms with Crippen LogP contribution in [-0.4, -0.2) is 19.6 Å². The molecule has 3 aromatic heterocycles. The topological polar surface area (TPSA) is 46.0 Å². The molecular formula is C26H24FN5S. The van der Waals surface area contributed by atoms with Gasteiger partial charge < -0.3 is 14.8 Å². The van der Waals surface area contributed by atoms with Crippen molar-refractivity contribution in [3.05, 3.63) is 107 Å². The third-order valence-corrected chi connectivity index (χ3v) is 6.50. The summed E-state index contributed by atoms with van der Waals surface area (Å²) >= 11 is 5.80. The van der Waals surface area contributed by atoms with E-state index in [4.69, 9.17) is 12.2 Å². The van der Waals surface area contributed by atoms with Crippen molar-refractivity contribution in [3.63, 3.8) is 0 Å². The molecule has 0 amide bonds. The first-order valence-corrected chi connectivity index (χ1v) is 11.2. The van der Waals surface area contributed by atoms with Gasteiger partial charge >= 0.3 is 0 Å². The molecule has 0 radical (unpaired) electrons. The first-order chi connectivity index (χ1) is 16.0. The lowest BCUT2D eigenvalue weighted by atomic mass is 9.96. The Balaban J connectivity index is 1.69. The number of anilines is 1. The molecule has 1 aromatic carbocycles. The highest BCUT2D eigenvalue weighted by atomic mass is 32.1. The summed E-state index contributed by atoms with van der Waals surface area (Å²) in [5.41, 5.74) is 5.59. The van der Waals surface area contributed by atoms with Crippen LogP contribution in [0.1, 0.15) is 40.3 Å². The van der Waals surface area contributed by atoms with Crippen LogP contribution < -0.4 is 10.2 Å². The van der Waals surface area contributed by atoms with Gasteiger partial charge in [0.05, 0.1) is 17.8 Å². The van der Waals surface area contributed by atoms with E-state index in [-0.39, 0.29) is 17.9 Å². The number of nitrogens with one attached hydrogen (secondary N) is 1. The van der Waals surface area contributed by atoms with Crippen LogP contribution in [-0.2, 0) is 0 Å². The molecule has 0 saturated carbocycles. The standard InChI is InChI=1S/C26H24FN5S/c1-16-14-19(10-11-21(16)27)32-25(24(30-26(32)33)22-8-4-6-12-28-22)20-15-17(2)31(18(20)3)23-9-5-7-13-29-23/h4-15,24-25H,1-3H3,(H,30,33). The van der Waals surface area contributed by atoms with E-state index in [1.54, 1.807) is 25.4 Å². The van der Waals surface area contributed by atoms with Crippen molar-refractivity contribution < 1.29 is 4.39 Å². The molecular weight excluding hydrogens is 433 g/mol. The highest BCUT2D eigenvalue weighted by Gasteiger charge is 2.42. The molecule has 0 bridgehead atoms. The van der Waals surface area contributed by atoms with Crippen LogP contribution in [0.3, 0.4) is 0 Å². The molecule has 1 aliphatic heterocycles. The Morgan fingerprint density at radius 1 is 0.939 bits per heavy atom. The molecule has 1 N–H and O–H groups in total. The van der Waals surface area contributed by atoms with Crippen molar-refractivity contribution >= 4 is 23.0 Å². The van der Waals surface area contributed by atoms with Gasteiger partial charge in [0.1, 0.15) is 11.6 Å². The van der Waals surface area contributed by atoms with E-state index in [0.717, 1.165) is 34.2 Å². The maximum absolute atomic E-state index is 14.1. The smallest absolute Gasteiger partial charge is 0.174 e. The molecule has 166 valence electrons. The van der Waals surface area contributed by atoms with Crippen LogP contribution >= 0.6 is 12.2 Å². The third-order valence-electron chi connectivity index (χ3n) is 6.19. The number of pyridine rings is 2. The second-order valence-electron chi connectivity index (χ2n) is 8.28. The van der Waals surface area contributed by atoms with E-state index in [1.165, 1.54) is 6.07 Å². The van der Waals surface area contributed by atoms with Crippen LogP contribution in [0, 0.1) is 26.6 Å². The fourth-order valence-corrected chi connectivity index (χ4v) is 5.00. The molecule has 7 heteroatoms. The van der Waals surface area contributed by atoms with Gasteiger partial charge in [0, 0.05) is 29.5 Å². The van der Waals surface area contributed by atoms with Crippen LogP contribution in [0.25, 0.3) is 5.82 Å². The summed E-state index contributed by atoms with van der Waals surface area (Å²) < 4.78 is 16.2. The van der Waals surface area contributed by atoms with Gasteiger partial charge in [-0.05, 0) is 92.6 Å². The van der Waals surface area contributed by atoms with Crippen molar-refractivity contribution in [1.82, 2.24) is 19.9 Å². The van der Waals surface area contributed by atoms with Gasteiger partial charge in [0.15, 0.2) is 5.11 Å². The van der Waals surface area contributed by atoms with Gasteiger partial charge in [0.2, 0.25) is 0 Å². The Kier molecular flexibility index (Phi) is 5.42. The Hall–Kier alpha value is -3.58. The summed E-state index contributed by atoms with van der Waals surface area (Å²) in [6.07, 6.45) is 3.59. The van der Waals surface area contributed by atoms with Crippen LogP contribution in [0.2, 0.25) is 0 Å². The normalized spacial score (nSPS) is 17.9. The lowest BCUT2D eigenvalue weighted by molar-refractivity contribution is 0.564. The van der Waals surface area contributed by atoms with Crippen molar-refractivity contribution in [3.8, 4) is 5.82 Å². The maximum atomic E-state index is 14.1. The number of thiocarbonyl (C=S) groups is 1. The second kappa shape index (κ2) is 8.41. The van der Waals surface area contributed by atoms with E-state index in [9.17, 15) is 4.39 Å². The molecule has 2 unspecified atom stereocenters. The minimum absolute atomic E-state index is 0.165. The van der Waals surface area contributed by atoms with E-state index in [0.29, 0.717) is 10.7 Å². The van der Waals surface area contributed by atoms with E-state index < -0.39 is 0 Å². The number of rotatable bonds is 4. The highest BCUT2D eigenvalue weighted by molar-refractivity contribution is 7.80. The van der Waals surface area contributed by atoms with Gasteiger partial charge in [-0.15, -0.1) is 0 Å². The summed E-state index contributed by atoms with van der Waals surface area (Å²) in [6.45, 7) is 5.94. The molecule has 0 spiro atoms. The van der Waals surface area contributed by atoms with Crippen molar-refractivity contribution in [2.45, 2.75) is 32.9 Å². The lowest BCUT2D eigenvalue weighted by Gasteiger charge is -2.28. The minimum Gasteiger partial charge on any atom is -0.351 e. The SMILES string of the molecule is Cc1cc(N2C(=S)NC(c3ccccn3)C2c2cc(C)n(-c3ccccn3)c2C)ccc1F. The fourth-order valence-electron chi connectivity index (χ4n) is 4.65. The number of aromatic nitrogens is 3. The summed E-state index contributed by atoms with van der Waals surface area (Å²) in [4.78, 5) is 11.3. The van der Waals surface area contributed by atoms with Crippen molar-refractivity contribution in [2.75, 3.05) is 4.90 Å². The molecule has 2 atom stereocenters. The second-order valence-corrected chi connectivity index (χ2v) is 8.67. The highest BCUT2D eigenvalue weighted by Crippen LogP contribution is 2.43.